The maximum atomic E-state index is 9.40. The summed E-state index contributed by atoms with van der Waals surface area (Å²) in [6.07, 6.45) is 16.1. The van der Waals surface area contributed by atoms with E-state index >= 15 is 0 Å². The van der Waals surface area contributed by atoms with E-state index in [1.54, 1.807) is 12.1 Å². The molecule has 2 rings (SSSR count). The Bertz CT molecular complexity index is 740. The Morgan fingerprint density at radius 2 is 1.31 bits per heavy atom. The van der Waals surface area contributed by atoms with Gasteiger partial charge in [-0.1, -0.05) is 90.2 Å². The summed E-state index contributed by atoms with van der Waals surface area (Å²) in [7, 11) is 0. The highest BCUT2D eigenvalue weighted by Gasteiger charge is 2.24. The van der Waals surface area contributed by atoms with Crippen LogP contribution in [0, 0.1) is 0 Å². The Labute approximate surface area is 222 Å². The molecular formula is C27H47N3O3S2. The molecule has 35 heavy (non-hydrogen) atoms. The summed E-state index contributed by atoms with van der Waals surface area (Å²) in [5, 5.41) is 18.0. The van der Waals surface area contributed by atoms with Crippen molar-refractivity contribution in [2.24, 2.45) is 11.5 Å². The minimum atomic E-state index is -0.685. The normalized spacial score (nSPS) is 11.2. The lowest BCUT2D eigenvalue weighted by atomic mass is 10.1. The zero-order chi connectivity index (χ0) is 26.3. The van der Waals surface area contributed by atoms with Crippen molar-refractivity contribution in [1.82, 2.24) is 4.98 Å². The lowest BCUT2D eigenvalue weighted by Crippen LogP contribution is -2.13. The van der Waals surface area contributed by atoms with Crippen LogP contribution in [0.2, 0.25) is 0 Å². The fourth-order valence-corrected chi connectivity index (χ4v) is 3.69. The minimum absolute atomic E-state index is 0.0253. The van der Waals surface area contributed by atoms with Crippen molar-refractivity contribution in [2.45, 2.75) is 103 Å². The fourth-order valence-electron chi connectivity index (χ4n) is 3.34. The lowest BCUT2D eigenvalue weighted by molar-refractivity contribution is 0.459. The number of fused-ring (bicyclic) bond motifs is 1. The first-order chi connectivity index (χ1) is 16.9. The van der Waals surface area contributed by atoms with Crippen LogP contribution in [0.25, 0.3) is 11.1 Å². The zero-order valence-electron chi connectivity index (χ0n) is 21.7. The molecule has 6 N–H and O–H groups in total. The number of rotatable bonds is 16. The Morgan fingerprint density at radius 1 is 0.829 bits per heavy atom. The molecule has 2 aromatic rings. The van der Waals surface area contributed by atoms with E-state index in [4.69, 9.17) is 33.2 Å². The maximum absolute atomic E-state index is 9.40. The van der Waals surface area contributed by atoms with Gasteiger partial charge in [0.05, 0.1) is 0 Å². The molecule has 1 atom stereocenters. The number of thiocarbonyl (C=S) groups is 2. The molecule has 6 nitrogen and oxygen atoms in total. The van der Waals surface area contributed by atoms with Crippen molar-refractivity contribution in [3.8, 4) is 0 Å². The molecule has 0 aliphatic heterocycles. The van der Waals surface area contributed by atoms with Crippen LogP contribution in [-0.4, -0.2) is 38.4 Å². The summed E-state index contributed by atoms with van der Waals surface area (Å²) in [6, 6.07) is 7.20. The van der Waals surface area contributed by atoms with Gasteiger partial charge in [0.2, 0.25) is 5.89 Å². The van der Waals surface area contributed by atoms with Crippen LogP contribution < -0.4 is 11.5 Å². The Hall–Kier alpha value is -1.61. The van der Waals surface area contributed by atoms with Gasteiger partial charge in [-0.3, -0.25) is 0 Å². The van der Waals surface area contributed by atoms with E-state index in [0.717, 1.165) is 13.1 Å². The third-order valence-electron chi connectivity index (χ3n) is 5.40. The van der Waals surface area contributed by atoms with Gasteiger partial charge < -0.3 is 26.1 Å². The zero-order valence-corrected chi connectivity index (χ0v) is 23.3. The summed E-state index contributed by atoms with van der Waals surface area (Å²) >= 11 is 9.29. The van der Waals surface area contributed by atoms with Gasteiger partial charge in [-0.05, 0) is 62.5 Å². The van der Waals surface area contributed by atoms with Crippen molar-refractivity contribution in [3.63, 3.8) is 0 Å². The number of hydrogen-bond acceptors (Lipinski definition) is 6. The molecule has 0 aliphatic rings. The van der Waals surface area contributed by atoms with Crippen molar-refractivity contribution < 1.29 is 14.6 Å². The molecule has 200 valence electrons. The first-order valence-electron chi connectivity index (χ1n) is 13.1. The van der Waals surface area contributed by atoms with E-state index < -0.39 is 5.92 Å². The molecule has 1 aromatic carbocycles. The average molecular weight is 526 g/mol. The van der Waals surface area contributed by atoms with Crippen LogP contribution in [0.1, 0.15) is 109 Å². The second-order valence-electron chi connectivity index (χ2n) is 8.62. The number of benzene rings is 1. The molecule has 1 aromatic heterocycles. The number of hydrogen-bond donors (Lipinski definition) is 4. The van der Waals surface area contributed by atoms with E-state index in [0.29, 0.717) is 11.1 Å². The topological polar surface area (TPSA) is 119 Å². The summed E-state index contributed by atoms with van der Waals surface area (Å²) in [6.45, 7) is 6.21. The first-order valence-corrected chi connectivity index (χ1v) is 13.9. The van der Waals surface area contributed by atoms with E-state index in [1.807, 2.05) is 12.1 Å². The van der Waals surface area contributed by atoms with Gasteiger partial charge in [-0.15, -0.1) is 0 Å². The summed E-state index contributed by atoms with van der Waals surface area (Å²) in [5.41, 5.74) is 12.0. The van der Waals surface area contributed by atoms with Crippen molar-refractivity contribution in [2.75, 3.05) is 13.1 Å². The van der Waals surface area contributed by atoms with Crippen molar-refractivity contribution in [3.05, 3.63) is 30.2 Å². The predicted molar refractivity (Wildman–Crippen MR) is 157 cm³/mol. The Balaban J connectivity index is 0.000000549. The van der Waals surface area contributed by atoms with Gasteiger partial charge in [-0.25, -0.2) is 4.98 Å². The molecular weight excluding hydrogens is 478 g/mol. The standard InChI is InChI=1S/C11H9NO3S2.2C8H19N/c13-9(16)5-6(11(14)17)10-12-7-3-1-2-4-8(7)15-10;2*1-2-3-4-5-6-7-8-9/h1-4,6H,5H2,(H,13,16)(H,14,17);2*2-9H2,1H3. The van der Waals surface area contributed by atoms with Crippen LogP contribution >= 0.6 is 24.4 Å². The lowest BCUT2D eigenvalue weighted by Gasteiger charge is -2.07. The molecule has 0 aliphatic carbocycles. The number of nitrogens with zero attached hydrogens (tertiary/aromatic N) is 1. The van der Waals surface area contributed by atoms with Crippen LogP contribution in [0.3, 0.4) is 0 Å². The largest absolute Gasteiger partial charge is 0.502 e. The summed E-state index contributed by atoms with van der Waals surface area (Å²) in [4.78, 5) is 4.20. The first kappa shape index (κ1) is 33.4. The maximum Gasteiger partial charge on any atom is 0.207 e. The highest BCUT2D eigenvalue weighted by atomic mass is 32.1. The molecule has 1 heterocycles. The van der Waals surface area contributed by atoms with E-state index in [9.17, 15) is 5.11 Å². The van der Waals surface area contributed by atoms with Gasteiger partial charge in [0.15, 0.2) is 15.7 Å². The van der Waals surface area contributed by atoms with Crippen LogP contribution in [0.4, 0.5) is 0 Å². The van der Waals surface area contributed by atoms with Crippen LogP contribution in [0.15, 0.2) is 28.7 Å². The monoisotopic (exact) mass is 525 g/mol. The van der Waals surface area contributed by atoms with Gasteiger partial charge in [0.25, 0.3) is 0 Å². The number of nitrogens with two attached hydrogens (primary N) is 2. The molecule has 0 saturated heterocycles. The van der Waals surface area contributed by atoms with E-state index in [2.05, 4.69) is 31.0 Å². The van der Waals surface area contributed by atoms with Gasteiger partial charge >= 0.3 is 0 Å². The number of aliphatic hydroxyl groups excluding tert-OH is 2. The second-order valence-corrected chi connectivity index (χ2v) is 9.51. The third kappa shape index (κ3) is 17.5. The fraction of sp³-hybridized carbons (Fsp3) is 0.667. The molecule has 0 radical (unpaired) electrons. The van der Waals surface area contributed by atoms with Crippen molar-refractivity contribution >= 4 is 45.6 Å². The van der Waals surface area contributed by atoms with Gasteiger partial charge in [0, 0.05) is 6.42 Å². The molecule has 8 heteroatoms. The van der Waals surface area contributed by atoms with E-state index in [-0.39, 0.29) is 22.4 Å². The highest BCUT2D eigenvalue weighted by molar-refractivity contribution is 7.80. The average Bonchev–Trinajstić information content (AvgIpc) is 3.27. The molecule has 1 unspecified atom stereocenters. The van der Waals surface area contributed by atoms with Crippen LogP contribution in [-0.2, 0) is 0 Å². The van der Waals surface area contributed by atoms with Crippen molar-refractivity contribution in [1.29, 1.82) is 0 Å². The number of para-hydroxylation sites is 2. The smallest absolute Gasteiger partial charge is 0.207 e. The number of oxazole rings is 1. The van der Waals surface area contributed by atoms with E-state index in [1.165, 1.54) is 77.0 Å². The third-order valence-corrected chi connectivity index (χ3v) is 5.85. The molecule has 0 saturated carbocycles. The number of aromatic nitrogens is 1. The quantitative estimate of drug-likeness (QED) is 0.130. The van der Waals surface area contributed by atoms with Crippen LogP contribution in [0.5, 0.6) is 0 Å². The number of aliphatic hydroxyl groups is 2. The molecule has 0 bridgehead atoms. The Kier molecular flexibility index (Phi) is 21.8. The number of unbranched alkanes of at least 4 members (excludes halogenated alkanes) is 10. The minimum Gasteiger partial charge on any atom is -0.502 e. The summed E-state index contributed by atoms with van der Waals surface area (Å²) in [5.74, 6) is -0.426. The SMILES string of the molecule is CCCCCCCCN.CCCCCCCCN.OC(=S)CC(C(O)=S)c1nc2ccccc2o1. The summed E-state index contributed by atoms with van der Waals surface area (Å²) < 4.78 is 5.46. The second kappa shape index (κ2) is 22.8. The van der Waals surface area contributed by atoms with Gasteiger partial charge in [0.1, 0.15) is 11.4 Å². The van der Waals surface area contributed by atoms with Gasteiger partial charge in [-0.2, -0.15) is 0 Å². The highest BCUT2D eigenvalue weighted by Crippen LogP contribution is 2.25. The predicted octanol–water partition coefficient (Wildman–Crippen LogP) is 7.68. The Morgan fingerprint density at radius 3 is 1.74 bits per heavy atom. The molecule has 0 fully saturated rings. The molecule has 0 amide bonds. The molecule has 0 spiro atoms.